The second-order valence-corrected chi connectivity index (χ2v) is 11.6. The van der Waals surface area contributed by atoms with Crippen molar-refractivity contribution in [3.8, 4) is 17.2 Å². The molecule has 3 aliphatic heterocycles. The highest BCUT2D eigenvalue weighted by Crippen LogP contribution is 2.68. The molecule has 4 atom stereocenters. The molecule has 4 bridgehead atoms. The first kappa shape index (κ1) is 21.7. The van der Waals surface area contributed by atoms with Gasteiger partial charge >= 0.3 is 0 Å². The van der Waals surface area contributed by atoms with Crippen molar-refractivity contribution < 1.29 is 28.9 Å². The van der Waals surface area contributed by atoms with Gasteiger partial charge in [0.05, 0.1) is 11.2 Å². The second-order valence-electron chi connectivity index (χ2n) is 11.6. The molecule has 6 aliphatic rings. The maximum absolute atomic E-state index is 14.0. The number of rotatable bonds is 2. The van der Waals surface area contributed by atoms with E-state index in [0.29, 0.717) is 29.7 Å². The molecule has 1 spiro atoms. The van der Waals surface area contributed by atoms with E-state index in [1.54, 1.807) is 6.08 Å². The summed E-state index contributed by atoms with van der Waals surface area (Å²) in [6.45, 7) is 11.8. The Kier molecular flexibility index (Phi) is 3.96. The quantitative estimate of drug-likeness (QED) is 0.627. The first-order valence-corrected chi connectivity index (χ1v) is 11.9. The van der Waals surface area contributed by atoms with Gasteiger partial charge in [0.25, 0.3) is 0 Å². The molecule has 1 aromatic carbocycles. The lowest BCUT2D eigenvalue weighted by atomic mass is 9.51. The Hall–Kier alpha value is -2.86. The standard InChI is InChI=1S/C28H30O6/c1-14(2)7-10-27-24(31)15-11-17-22(30)21-18(29)13-19-16(8-9-25(3,4)32-19)23(21)33-28(17,27)20(12-15)26(5,6)34-27/h7-9,11,13,15,20,29H,10,12H2,1-6H3/t15-,20+,27?,28-/m1/s1. The topological polar surface area (TPSA) is 82.1 Å². The normalized spacial score (nSPS) is 34.9. The molecule has 1 unspecified atom stereocenters. The zero-order valence-electron chi connectivity index (χ0n) is 20.4. The van der Waals surface area contributed by atoms with Crippen molar-refractivity contribution in [2.45, 2.75) is 76.8 Å². The largest absolute Gasteiger partial charge is 0.507 e. The van der Waals surface area contributed by atoms with Gasteiger partial charge in [-0.1, -0.05) is 17.7 Å². The second kappa shape index (κ2) is 6.22. The molecule has 34 heavy (non-hydrogen) atoms. The highest BCUT2D eigenvalue weighted by Gasteiger charge is 2.81. The van der Waals surface area contributed by atoms with Crippen LogP contribution in [-0.2, 0) is 9.53 Å². The van der Waals surface area contributed by atoms with Gasteiger partial charge < -0.3 is 19.3 Å². The number of ether oxygens (including phenoxy) is 3. The summed E-state index contributed by atoms with van der Waals surface area (Å²) in [5, 5.41) is 10.9. The first-order valence-electron chi connectivity index (χ1n) is 11.9. The van der Waals surface area contributed by atoms with Crippen molar-refractivity contribution in [2.24, 2.45) is 11.8 Å². The van der Waals surface area contributed by atoms with Crippen LogP contribution in [0.4, 0.5) is 0 Å². The van der Waals surface area contributed by atoms with Gasteiger partial charge in [-0.05, 0) is 60.1 Å². The van der Waals surface area contributed by atoms with Crippen LogP contribution < -0.4 is 9.47 Å². The van der Waals surface area contributed by atoms with E-state index in [1.807, 2.05) is 59.8 Å². The third-order valence-corrected chi connectivity index (χ3v) is 8.18. The molecule has 7 rings (SSSR count). The molecule has 0 amide bonds. The molecule has 1 N–H and O–H groups in total. The molecule has 6 nitrogen and oxygen atoms in total. The van der Waals surface area contributed by atoms with Crippen LogP contribution in [-0.4, -0.2) is 39.1 Å². The summed E-state index contributed by atoms with van der Waals surface area (Å²) in [5.41, 5.74) is -1.60. The number of aromatic hydroxyl groups is 1. The van der Waals surface area contributed by atoms with E-state index in [1.165, 1.54) is 6.07 Å². The number of benzene rings is 1. The van der Waals surface area contributed by atoms with Gasteiger partial charge in [-0.2, -0.15) is 0 Å². The molecule has 1 aromatic rings. The Bertz CT molecular complexity index is 1270. The van der Waals surface area contributed by atoms with E-state index < -0.39 is 28.3 Å². The lowest BCUT2D eigenvalue weighted by molar-refractivity contribution is -0.171. The Labute approximate surface area is 199 Å². The van der Waals surface area contributed by atoms with Gasteiger partial charge in [0.1, 0.15) is 28.4 Å². The van der Waals surface area contributed by atoms with Gasteiger partial charge in [0.2, 0.25) is 0 Å². The molecule has 3 heterocycles. The van der Waals surface area contributed by atoms with E-state index in [4.69, 9.17) is 14.2 Å². The molecule has 0 radical (unpaired) electrons. The molecule has 2 fully saturated rings. The van der Waals surface area contributed by atoms with Gasteiger partial charge in [0, 0.05) is 29.9 Å². The molecule has 3 aliphatic carbocycles. The molecule has 0 aromatic heterocycles. The summed E-state index contributed by atoms with van der Waals surface area (Å²) < 4.78 is 19.7. The predicted molar refractivity (Wildman–Crippen MR) is 126 cm³/mol. The van der Waals surface area contributed by atoms with Gasteiger partial charge in [0.15, 0.2) is 22.8 Å². The van der Waals surface area contributed by atoms with Crippen molar-refractivity contribution in [1.82, 2.24) is 0 Å². The van der Waals surface area contributed by atoms with Gasteiger partial charge in [-0.25, -0.2) is 0 Å². The van der Waals surface area contributed by atoms with Crippen molar-refractivity contribution >= 4 is 17.6 Å². The zero-order valence-corrected chi connectivity index (χ0v) is 20.4. The van der Waals surface area contributed by atoms with E-state index in [0.717, 1.165) is 5.57 Å². The smallest absolute Gasteiger partial charge is 0.200 e. The zero-order chi connectivity index (χ0) is 24.4. The molecular weight excluding hydrogens is 432 g/mol. The third kappa shape index (κ3) is 2.40. The van der Waals surface area contributed by atoms with E-state index in [9.17, 15) is 14.7 Å². The molecule has 1 saturated carbocycles. The Morgan fingerprint density at radius 2 is 1.91 bits per heavy atom. The SMILES string of the molecule is CC(C)=CCC12OC(C)(C)[C@@H]3C[C@@H](C=C4C(=O)c5c(O)cc6c(c5O[C@]431)C=CC(C)(C)O6)C2=O. The van der Waals surface area contributed by atoms with Crippen molar-refractivity contribution in [1.29, 1.82) is 0 Å². The maximum atomic E-state index is 14.0. The summed E-state index contributed by atoms with van der Waals surface area (Å²) in [6, 6.07) is 1.49. The van der Waals surface area contributed by atoms with Crippen LogP contribution in [0.2, 0.25) is 0 Å². The average Bonchev–Trinajstić information content (AvgIpc) is 2.88. The number of phenolic OH excluding ortho intramolecular Hbond substituents is 1. The van der Waals surface area contributed by atoms with Gasteiger partial charge in [-0.15, -0.1) is 0 Å². The fourth-order valence-corrected chi connectivity index (χ4v) is 6.78. The highest BCUT2D eigenvalue weighted by atomic mass is 16.6. The summed E-state index contributed by atoms with van der Waals surface area (Å²) >= 11 is 0. The molecule has 1 saturated heterocycles. The lowest BCUT2D eigenvalue weighted by Gasteiger charge is -2.56. The van der Waals surface area contributed by atoms with Crippen LogP contribution in [0, 0.1) is 11.8 Å². The lowest BCUT2D eigenvalue weighted by Crippen LogP contribution is -2.72. The minimum atomic E-state index is -1.31. The van der Waals surface area contributed by atoms with Gasteiger partial charge in [-0.3, -0.25) is 9.59 Å². The summed E-state index contributed by atoms with van der Waals surface area (Å²) in [6.07, 6.45) is 8.43. The maximum Gasteiger partial charge on any atom is 0.200 e. The van der Waals surface area contributed by atoms with Crippen LogP contribution >= 0.6 is 0 Å². The Balaban J connectivity index is 1.65. The van der Waals surface area contributed by atoms with Crippen molar-refractivity contribution in [3.63, 3.8) is 0 Å². The Morgan fingerprint density at radius 1 is 1.18 bits per heavy atom. The number of ketones is 2. The van der Waals surface area contributed by atoms with Crippen LogP contribution in [0.25, 0.3) is 6.08 Å². The minimum Gasteiger partial charge on any atom is -0.507 e. The molecular formula is C28H30O6. The average molecular weight is 463 g/mol. The highest BCUT2D eigenvalue weighted by molar-refractivity contribution is 6.18. The van der Waals surface area contributed by atoms with E-state index in [2.05, 4.69) is 0 Å². The number of carbonyl (C=O) groups excluding carboxylic acids is 2. The number of allylic oxidation sites excluding steroid dienone is 2. The van der Waals surface area contributed by atoms with Crippen LogP contribution in [0.5, 0.6) is 17.2 Å². The van der Waals surface area contributed by atoms with Crippen LogP contribution in [0.15, 0.2) is 35.4 Å². The number of hydrogen-bond acceptors (Lipinski definition) is 6. The summed E-state index contributed by atoms with van der Waals surface area (Å²) in [5.74, 6) is -0.412. The predicted octanol–water partition coefficient (Wildman–Crippen LogP) is 4.94. The number of carbonyl (C=O) groups is 2. The molecule has 178 valence electrons. The van der Waals surface area contributed by atoms with Crippen molar-refractivity contribution in [3.05, 3.63) is 46.6 Å². The minimum absolute atomic E-state index is 0.0335. The third-order valence-electron chi connectivity index (χ3n) is 8.18. The fraction of sp³-hybridized carbons (Fsp3) is 0.500. The van der Waals surface area contributed by atoms with Crippen molar-refractivity contribution in [2.75, 3.05) is 0 Å². The Morgan fingerprint density at radius 3 is 2.62 bits per heavy atom. The molecule has 6 heteroatoms. The first-order chi connectivity index (χ1) is 15.8. The summed E-state index contributed by atoms with van der Waals surface area (Å²) in [7, 11) is 0. The van der Waals surface area contributed by atoms with Crippen LogP contribution in [0.1, 0.15) is 70.3 Å². The van der Waals surface area contributed by atoms with Crippen LogP contribution in [0.3, 0.4) is 0 Å². The fourth-order valence-electron chi connectivity index (χ4n) is 6.78. The van der Waals surface area contributed by atoms with E-state index >= 15 is 0 Å². The number of Topliss-reactive ketones (excluding diaryl/α,β-unsaturated/α-hetero) is 2. The summed E-state index contributed by atoms with van der Waals surface area (Å²) in [4.78, 5) is 27.9. The number of fused-ring (bicyclic) bond motifs is 3. The van der Waals surface area contributed by atoms with E-state index in [-0.39, 0.29) is 34.5 Å². The number of phenols is 1. The monoisotopic (exact) mass is 462 g/mol. The number of hydrogen-bond donors (Lipinski definition) is 1.